The number of thiophene rings is 2. The molecule has 2 N–H and O–H groups in total. The van der Waals surface area contributed by atoms with Gasteiger partial charge >= 0.3 is 5.97 Å². The van der Waals surface area contributed by atoms with Gasteiger partial charge < -0.3 is 10.5 Å². The van der Waals surface area contributed by atoms with Crippen molar-refractivity contribution < 1.29 is 9.53 Å². The molecular weight excluding hydrogens is 388 g/mol. The monoisotopic (exact) mass is 416 g/mol. The number of pyridine rings is 1. The number of anilines is 1. The molecule has 0 aliphatic heterocycles. The van der Waals surface area contributed by atoms with E-state index in [0.717, 1.165) is 33.5 Å². The van der Waals surface area contributed by atoms with Gasteiger partial charge in [0.25, 0.3) is 0 Å². The third-order valence-electron chi connectivity index (χ3n) is 4.49. The fourth-order valence-corrected chi connectivity index (χ4v) is 5.00. The number of rotatable bonds is 7. The molecule has 3 rings (SSSR count). The zero-order valence-electron chi connectivity index (χ0n) is 17.0. The van der Waals surface area contributed by atoms with Gasteiger partial charge in [-0.3, -0.25) is 0 Å². The van der Waals surface area contributed by atoms with E-state index < -0.39 is 5.60 Å². The second-order valence-corrected chi connectivity index (χ2v) is 9.92. The molecule has 6 heteroatoms. The van der Waals surface area contributed by atoms with Crippen molar-refractivity contribution in [2.75, 3.05) is 5.73 Å². The van der Waals surface area contributed by atoms with Crippen molar-refractivity contribution in [2.24, 2.45) is 0 Å². The lowest BCUT2D eigenvalue weighted by atomic mass is 9.99. The van der Waals surface area contributed by atoms with Crippen molar-refractivity contribution in [3.05, 3.63) is 34.2 Å². The van der Waals surface area contributed by atoms with Crippen molar-refractivity contribution in [3.63, 3.8) is 0 Å². The summed E-state index contributed by atoms with van der Waals surface area (Å²) in [6, 6.07) is 4.16. The second-order valence-electron chi connectivity index (χ2n) is 7.97. The number of hydrogen-bond donors (Lipinski definition) is 1. The summed E-state index contributed by atoms with van der Waals surface area (Å²) < 4.78 is 5.55. The van der Waals surface area contributed by atoms with Crippen LogP contribution in [-0.4, -0.2) is 16.6 Å². The van der Waals surface area contributed by atoms with Gasteiger partial charge in [0.2, 0.25) is 0 Å². The molecule has 28 heavy (non-hydrogen) atoms. The molecule has 0 fully saturated rings. The fourth-order valence-electron chi connectivity index (χ4n) is 3.24. The molecule has 0 spiro atoms. The molecule has 0 saturated heterocycles. The van der Waals surface area contributed by atoms with Crippen molar-refractivity contribution in [3.8, 4) is 10.4 Å². The Morgan fingerprint density at radius 1 is 1.25 bits per heavy atom. The van der Waals surface area contributed by atoms with Crippen LogP contribution >= 0.6 is 22.7 Å². The molecule has 3 aromatic rings. The number of unbranched alkanes of at least 4 members (excludes halogenated alkanes) is 3. The molecule has 0 amide bonds. The number of esters is 1. The predicted molar refractivity (Wildman–Crippen MR) is 120 cm³/mol. The smallest absolute Gasteiger partial charge is 0.351 e. The molecule has 0 aromatic carbocycles. The Bertz CT molecular complexity index is 953. The van der Waals surface area contributed by atoms with Gasteiger partial charge in [-0.15, -0.1) is 22.7 Å². The van der Waals surface area contributed by atoms with Crippen molar-refractivity contribution in [2.45, 2.75) is 65.4 Å². The Labute approximate surface area is 174 Å². The highest BCUT2D eigenvalue weighted by atomic mass is 32.1. The number of carbonyl (C=O) groups excluding carboxylic acids is 1. The molecule has 0 saturated carbocycles. The largest absolute Gasteiger partial charge is 0.456 e. The second kappa shape index (κ2) is 8.62. The van der Waals surface area contributed by atoms with Crippen molar-refractivity contribution in [1.82, 2.24) is 4.98 Å². The number of hydrogen-bond acceptors (Lipinski definition) is 6. The van der Waals surface area contributed by atoms with E-state index in [1.54, 1.807) is 11.3 Å². The molecule has 0 unspecified atom stereocenters. The summed E-state index contributed by atoms with van der Waals surface area (Å²) in [6.07, 6.45) is 7.72. The Balaban J connectivity index is 2.07. The first-order valence-corrected chi connectivity index (χ1v) is 11.5. The number of nitrogens with two attached hydrogens (primary N) is 1. The van der Waals surface area contributed by atoms with Gasteiger partial charge in [-0.1, -0.05) is 32.3 Å². The Kier molecular flexibility index (Phi) is 6.40. The minimum absolute atomic E-state index is 0.380. The molecule has 150 valence electrons. The first kappa shape index (κ1) is 20.8. The van der Waals surface area contributed by atoms with Gasteiger partial charge in [-0.25, -0.2) is 9.78 Å². The summed E-state index contributed by atoms with van der Waals surface area (Å²) in [4.78, 5) is 19.7. The van der Waals surface area contributed by atoms with E-state index in [1.165, 1.54) is 36.2 Å². The average molecular weight is 417 g/mol. The number of aromatic nitrogens is 1. The number of nitrogens with zero attached hydrogens (tertiary/aromatic N) is 1. The van der Waals surface area contributed by atoms with Gasteiger partial charge in [0.05, 0.1) is 5.69 Å². The maximum atomic E-state index is 12.7. The Morgan fingerprint density at radius 2 is 2.04 bits per heavy atom. The number of ether oxygens (including phenoxy) is 1. The molecule has 3 aromatic heterocycles. The summed E-state index contributed by atoms with van der Waals surface area (Å²) in [5.74, 6) is -0.380. The molecule has 4 nitrogen and oxygen atoms in total. The van der Waals surface area contributed by atoms with Crippen LogP contribution in [0.4, 0.5) is 5.69 Å². The van der Waals surface area contributed by atoms with E-state index in [2.05, 4.69) is 23.4 Å². The minimum Gasteiger partial charge on any atom is -0.456 e. The zero-order chi connectivity index (χ0) is 20.3. The normalized spacial score (nSPS) is 11.9. The lowest BCUT2D eigenvalue weighted by Crippen LogP contribution is -2.23. The summed E-state index contributed by atoms with van der Waals surface area (Å²) in [5, 5.41) is 2.96. The van der Waals surface area contributed by atoms with Crippen molar-refractivity contribution in [1.29, 1.82) is 0 Å². The number of carbonyl (C=O) groups is 1. The maximum Gasteiger partial charge on any atom is 0.351 e. The molecular formula is C22H28N2O2S2. The van der Waals surface area contributed by atoms with Crippen LogP contribution in [0.1, 0.15) is 68.6 Å². The topological polar surface area (TPSA) is 65.2 Å². The summed E-state index contributed by atoms with van der Waals surface area (Å²) >= 11 is 3.01. The van der Waals surface area contributed by atoms with Crippen LogP contribution in [0.5, 0.6) is 0 Å². The van der Waals surface area contributed by atoms with E-state index >= 15 is 0 Å². The van der Waals surface area contributed by atoms with Crippen LogP contribution in [0.15, 0.2) is 23.7 Å². The van der Waals surface area contributed by atoms with Crippen LogP contribution in [-0.2, 0) is 11.2 Å². The van der Waals surface area contributed by atoms with E-state index in [1.807, 2.05) is 33.0 Å². The van der Waals surface area contributed by atoms with E-state index in [9.17, 15) is 4.79 Å². The van der Waals surface area contributed by atoms with Crippen LogP contribution in [0, 0.1) is 0 Å². The van der Waals surface area contributed by atoms with Gasteiger partial charge in [0.1, 0.15) is 15.3 Å². The molecule has 0 aliphatic carbocycles. The number of aryl methyl sites for hydroxylation is 1. The Morgan fingerprint density at radius 3 is 2.68 bits per heavy atom. The minimum atomic E-state index is -0.561. The Hall–Kier alpha value is -1.92. The third-order valence-corrected chi connectivity index (χ3v) is 6.47. The van der Waals surface area contributed by atoms with E-state index in [-0.39, 0.29) is 5.97 Å². The van der Waals surface area contributed by atoms with Gasteiger partial charge in [0.15, 0.2) is 0 Å². The van der Waals surface area contributed by atoms with Crippen LogP contribution in [0.25, 0.3) is 20.7 Å². The lowest BCUT2D eigenvalue weighted by Gasteiger charge is -2.19. The molecule has 0 aliphatic rings. The van der Waals surface area contributed by atoms with E-state index in [4.69, 9.17) is 10.5 Å². The first-order chi connectivity index (χ1) is 13.3. The van der Waals surface area contributed by atoms with Crippen LogP contribution in [0.3, 0.4) is 0 Å². The lowest BCUT2D eigenvalue weighted by molar-refractivity contribution is 0.00764. The van der Waals surface area contributed by atoms with Crippen LogP contribution < -0.4 is 5.73 Å². The summed E-state index contributed by atoms with van der Waals surface area (Å²) in [5.41, 5.74) is 8.74. The van der Waals surface area contributed by atoms with Gasteiger partial charge in [0, 0.05) is 22.0 Å². The molecule has 0 bridgehead atoms. The summed E-state index contributed by atoms with van der Waals surface area (Å²) in [6.45, 7) is 7.80. The quantitative estimate of drug-likeness (QED) is 0.344. The summed E-state index contributed by atoms with van der Waals surface area (Å²) in [7, 11) is 0. The van der Waals surface area contributed by atoms with Gasteiger partial charge in [-0.2, -0.15) is 0 Å². The molecule has 3 heterocycles. The number of nitrogen functional groups attached to an aromatic ring is 1. The third kappa shape index (κ3) is 4.55. The van der Waals surface area contributed by atoms with E-state index in [0.29, 0.717) is 10.6 Å². The maximum absolute atomic E-state index is 12.7. The SMILES string of the molecule is CCCCCCc1cnc2sc(C(=O)OC(C)(C)C)c(N)c2c1-c1cccs1. The zero-order valence-corrected chi connectivity index (χ0v) is 18.6. The fraction of sp³-hybridized carbons (Fsp3) is 0.455. The van der Waals surface area contributed by atoms with Gasteiger partial charge in [-0.05, 0) is 50.6 Å². The van der Waals surface area contributed by atoms with Crippen LogP contribution in [0.2, 0.25) is 0 Å². The molecule has 0 atom stereocenters. The number of fused-ring (bicyclic) bond motifs is 1. The molecule has 0 radical (unpaired) electrons. The highest BCUT2D eigenvalue weighted by Gasteiger charge is 2.26. The predicted octanol–water partition coefficient (Wildman–Crippen LogP) is 6.69. The highest BCUT2D eigenvalue weighted by Crippen LogP contribution is 2.43. The standard InChI is InChI=1S/C22H28N2O2S2/c1-5-6-7-8-10-14-13-24-20-17(16(14)15-11-9-12-27-15)18(23)19(28-20)21(25)26-22(2,3)4/h9,11-13H,5-8,10,23H2,1-4H3. The average Bonchev–Trinajstić information content (AvgIpc) is 3.26. The van der Waals surface area contributed by atoms with Crippen molar-refractivity contribution >= 4 is 44.5 Å². The first-order valence-electron chi connectivity index (χ1n) is 9.79. The highest BCUT2D eigenvalue weighted by molar-refractivity contribution is 7.21.